The van der Waals surface area contributed by atoms with Gasteiger partial charge in [0.1, 0.15) is 23.1 Å². The van der Waals surface area contributed by atoms with E-state index in [2.05, 4.69) is 34.2 Å². The van der Waals surface area contributed by atoms with Gasteiger partial charge >= 0.3 is 0 Å². The number of aromatic nitrogens is 1. The lowest BCUT2D eigenvalue weighted by Gasteiger charge is -2.29. The molecule has 0 radical (unpaired) electrons. The standard InChI is InChI=1S/C27H29N3O3S/c1-17(2)33-24-8-7-19(13-20(24)15-28)27-29-16-25(34-27)21-5-4-6-22-23(21)14-18(9-11-31)26(22)30(3)10-12-32/h4-8,11,13,16-18,26,32H,9-10,12,14H2,1-3H3. The lowest BCUT2D eigenvalue weighted by atomic mass is 9.96. The largest absolute Gasteiger partial charge is 0.490 e. The van der Waals surface area contributed by atoms with E-state index in [1.807, 2.05) is 45.3 Å². The molecule has 176 valence electrons. The molecule has 3 aromatic rings. The van der Waals surface area contributed by atoms with Gasteiger partial charge in [0.05, 0.1) is 23.2 Å². The third kappa shape index (κ3) is 4.76. The fourth-order valence-corrected chi connectivity index (χ4v) is 5.80. The number of ether oxygens (including phenoxy) is 1. The molecular weight excluding hydrogens is 446 g/mol. The van der Waals surface area contributed by atoms with Crippen molar-refractivity contribution >= 4 is 17.6 Å². The average molecular weight is 476 g/mol. The van der Waals surface area contributed by atoms with Crippen LogP contribution in [0.2, 0.25) is 0 Å². The van der Waals surface area contributed by atoms with Crippen molar-refractivity contribution in [3.63, 3.8) is 0 Å². The summed E-state index contributed by atoms with van der Waals surface area (Å²) in [5.41, 5.74) is 4.98. The molecule has 0 amide bonds. The lowest BCUT2D eigenvalue weighted by Crippen LogP contribution is -2.30. The smallest absolute Gasteiger partial charge is 0.137 e. The number of hydrogen-bond acceptors (Lipinski definition) is 7. The van der Waals surface area contributed by atoms with E-state index in [1.165, 1.54) is 11.1 Å². The van der Waals surface area contributed by atoms with Crippen molar-refractivity contribution in [1.82, 2.24) is 9.88 Å². The van der Waals surface area contributed by atoms with Gasteiger partial charge in [0, 0.05) is 30.8 Å². The maximum Gasteiger partial charge on any atom is 0.137 e. The number of aldehydes is 1. The van der Waals surface area contributed by atoms with E-state index in [0.29, 0.717) is 24.3 Å². The number of fused-ring (bicyclic) bond motifs is 1. The maximum atomic E-state index is 11.4. The predicted octanol–water partition coefficient (Wildman–Crippen LogP) is 4.86. The molecular formula is C27H29N3O3S. The molecule has 6 nitrogen and oxygen atoms in total. The summed E-state index contributed by atoms with van der Waals surface area (Å²) in [6.45, 7) is 4.52. The molecule has 1 heterocycles. The first-order chi connectivity index (χ1) is 16.5. The molecule has 34 heavy (non-hydrogen) atoms. The highest BCUT2D eigenvalue weighted by Crippen LogP contribution is 2.46. The third-order valence-electron chi connectivity index (χ3n) is 6.25. The molecule has 0 aliphatic heterocycles. The summed E-state index contributed by atoms with van der Waals surface area (Å²) in [4.78, 5) is 19.2. The Morgan fingerprint density at radius 3 is 2.88 bits per heavy atom. The van der Waals surface area contributed by atoms with Crippen molar-refractivity contribution < 1.29 is 14.6 Å². The number of nitriles is 1. The topological polar surface area (TPSA) is 86.4 Å². The van der Waals surface area contributed by atoms with E-state index in [-0.39, 0.29) is 24.7 Å². The van der Waals surface area contributed by atoms with Gasteiger partial charge in [-0.15, -0.1) is 11.3 Å². The van der Waals surface area contributed by atoms with Gasteiger partial charge < -0.3 is 14.6 Å². The van der Waals surface area contributed by atoms with Crippen molar-refractivity contribution in [1.29, 1.82) is 5.26 Å². The molecule has 1 aliphatic carbocycles. The van der Waals surface area contributed by atoms with Gasteiger partial charge in [-0.05, 0) is 68.1 Å². The number of likely N-dealkylation sites (N-methyl/N-ethyl adjacent to an activating group) is 1. The fourth-order valence-electron chi connectivity index (χ4n) is 4.84. The number of hydrogen-bond donors (Lipinski definition) is 1. The molecule has 2 aromatic carbocycles. The molecule has 0 fully saturated rings. The number of aliphatic hydroxyl groups is 1. The summed E-state index contributed by atoms with van der Waals surface area (Å²) in [6, 6.07) is 14.2. The normalized spacial score (nSPS) is 17.1. The summed E-state index contributed by atoms with van der Waals surface area (Å²) in [5, 5.41) is 19.9. The van der Waals surface area contributed by atoms with Gasteiger partial charge in [-0.1, -0.05) is 18.2 Å². The van der Waals surface area contributed by atoms with Crippen LogP contribution in [0.3, 0.4) is 0 Å². The Labute approximate surface area is 204 Å². The quantitative estimate of drug-likeness (QED) is 0.445. The number of nitrogens with zero attached hydrogens (tertiary/aromatic N) is 3. The molecule has 2 atom stereocenters. The fraction of sp³-hybridized carbons (Fsp3) is 0.370. The highest BCUT2D eigenvalue weighted by atomic mass is 32.1. The number of rotatable bonds is 9. The summed E-state index contributed by atoms with van der Waals surface area (Å²) in [6.07, 6.45) is 4.19. The highest BCUT2D eigenvalue weighted by Gasteiger charge is 2.36. The van der Waals surface area contributed by atoms with E-state index in [1.54, 1.807) is 11.3 Å². The minimum atomic E-state index is -0.00659. The molecule has 0 saturated heterocycles. The Morgan fingerprint density at radius 1 is 1.35 bits per heavy atom. The van der Waals surface area contributed by atoms with Crippen LogP contribution in [-0.2, 0) is 11.2 Å². The molecule has 1 N–H and O–H groups in total. The van der Waals surface area contributed by atoms with Crippen molar-refractivity contribution in [2.75, 3.05) is 20.2 Å². The van der Waals surface area contributed by atoms with Gasteiger partial charge in [0.2, 0.25) is 0 Å². The van der Waals surface area contributed by atoms with Crippen molar-refractivity contribution in [2.24, 2.45) is 5.92 Å². The molecule has 7 heteroatoms. The maximum absolute atomic E-state index is 11.4. The van der Waals surface area contributed by atoms with E-state index in [9.17, 15) is 15.2 Å². The second-order valence-electron chi connectivity index (χ2n) is 8.91. The number of benzene rings is 2. The second-order valence-corrected chi connectivity index (χ2v) is 9.94. The van der Waals surface area contributed by atoms with Crippen LogP contribution in [0, 0.1) is 17.2 Å². The number of aliphatic hydroxyl groups excluding tert-OH is 1. The van der Waals surface area contributed by atoms with Crippen LogP contribution in [0.4, 0.5) is 0 Å². The Bertz CT molecular complexity index is 1210. The van der Waals surface area contributed by atoms with Crippen molar-refractivity contribution in [3.8, 4) is 32.8 Å². The van der Waals surface area contributed by atoms with E-state index < -0.39 is 0 Å². The molecule has 1 aromatic heterocycles. The third-order valence-corrected chi connectivity index (χ3v) is 7.33. The first-order valence-corrected chi connectivity index (χ1v) is 12.3. The Balaban J connectivity index is 1.68. The van der Waals surface area contributed by atoms with Crippen LogP contribution in [-0.4, -0.2) is 47.6 Å². The van der Waals surface area contributed by atoms with Crippen molar-refractivity contribution in [3.05, 3.63) is 59.3 Å². The molecule has 0 spiro atoms. The van der Waals surface area contributed by atoms with Crippen molar-refractivity contribution in [2.45, 2.75) is 38.8 Å². The minimum Gasteiger partial charge on any atom is -0.490 e. The molecule has 0 bridgehead atoms. The van der Waals surface area contributed by atoms with Gasteiger partial charge in [-0.3, -0.25) is 4.90 Å². The van der Waals surface area contributed by atoms with Gasteiger partial charge in [0.15, 0.2) is 0 Å². The lowest BCUT2D eigenvalue weighted by molar-refractivity contribution is -0.109. The Morgan fingerprint density at radius 2 is 2.18 bits per heavy atom. The minimum absolute atomic E-state index is 0.00659. The van der Waals surface area contributed by atoms with Gasteiger partial charge in [-0.25, -0.2) is 4.98 Å². The van der Waals surface area contributed by atoms with Crippen LogP contribution in [0.15, 0.2) is 42.6 Å². The monoisotopic (exact) mass is 475 g/mol. The first kappa shape index (κ1) is 24.1. The summed E-state index contributed by atoms with van der Waals surface area (Å²) in [7, 11) is 2.00. The molecule has 2 unspecified atom stereocenters. The second kappa shape index (κ2) is 10.5. The van der Waals surface area contributed by atoms with E-state index in [0.717, 1.165) is 33.7 Å². The van der Waals surface area contributed by atoms with Crippen LogP contribution in [0.1, 0.15) is 43.0 Å². The van der Waals surface area contributed by atoms with E-state index >= 15 is 0 Å². The molecule has 4 rings (SSSR count). The highest BCUT2D eigenvalue weighted by molar-refractivity contribution is 7.18. The van der Waals surface area contributed by atoms with Crippen LogP contribution in [0.5, 0.6) is 5.75 Å². The number of carbonyl (C=O) groups is 1. The SMILES string of the molecule is CC(C)Oc1ccc(-c2ncc(-c3cccc4c3CC(CC=O)C4N(C)CCO)s2)cc1C#N. The number of carbonyl (C=O) groups excluding carboxylic acids is 1. The summed E-state index contributed by atoms with van der Waals surface area (Å²) < 4.78 is 5.74. The van der Waals surface area contributed by atoms with Crippen LogP contribution < -0.4 is 4.74 Å². The van der Waals surface area contributed by atoms with Gasteiger partial charge in [0.25, 0.3) is 0 Å². The summed E-state index contributed by atoms with van der Waals surface area (Å²) in [5.74, 6) is 0.766. The zero-order valence-corrected chi connectivity index (χ0v) is 20.5. The first-order valence-electron chi connectivity index (χ1n) is 11.5. The molecule has 1 aliphatic rings. The van der Waals surface area contributed by atoms with Crippen LogP contribution >= 0.6 is 11.3 Å². The van der Waals surface area contributed by atoms with Gasteiger partial charge in [-0.2, -0.15) is 5.26 Å². The average Bonchev–Trinajstić information content (AvgIpc) is 3.44. The summed E-state index contributed by atoms with van der Waals surface area (Å²) >= 11 is 1.59. The molecule has 0 saturated carbocycles. The predicted molar refractivity (Wildman–Crippen MR) is 134 cm³/mol. The zero-order valence-electron chi connectivity index (χ0n) is 19.7. The Hall–Kier alpha value is -3.05. The van der Waals surface area contributed by atoms with E-state index in [4.69, 9.17) is 4.74 Å². The Kier molecular flexibility index (Phi) is 7.42. The number of thiazole rings is 1. The zero-order chi connectivity index (χ0) is 24.2. The van der Waals surface area contributed by atoms with Crippen LogP contribution in [0.25, 0.3) is 21.0 Å².